The molecule has 0 radical (unpaired) electrons. The fourth-order valence-electron chi connectivity index (χ4n) is 5.13. The number of rotatable bonds is 3. The number of nitrogens with zero attached hydrogens (tertiary/aromatic N) is 8. The summed E-state index contributed by atoms with van der Waals surface area (Å²) in [4.78, 5) is 12.2. The Kier molecular flexibility index (Phi) is 4.12. The second-order valence-corrected chi connectivity index (χ2v) is 8.25. The summed E-state index contributed by atoms with van der Waals surface area (Å²) in [6, 6.07) is 12.2. The standard InChI is InChI=1S/C23H24N8/c1-2-23-12-7-4-8-14-30(23)20-19(29-16-25-28-21(23)29)15-24-22(27-20)31-18(11-13-26-31)17-9-5-3-6-10-17/h3,5-6,9-11,13,15-16H,2,4,7-8,12,14H2,1H3. The molecule has 31 heavy (non-hydrogen) atoms. The Labute approximate surface area is 180 Å². The number of benzene rings is 1. The molecule has 6 rings (SSSR count). The van der Waals surface area contributed by atoms with Crippen LogP contribution in [0.2, 0.25) is 0 Å². The van der Waals surface area contributed by atoms with Crippen molar-refractivity contribution < 1.29 is 0 Å². The van der Waals surface area contributed by atoms with Crippen LogP contribution in [-0.4, -0.2) is 41.1 Å². The lowest BCUT2D eigenvalue weighted by atomic mass is 9.86. The Bertz CT molecular complexity index is 1230. The molecule has 1 fully saturated rings. The van der Waals surface area contributed by atoms with E-state index in [-0.39, 0.29) is 5.54 Å². The monoisotopic (exact) mass is 412 g/mol. The fraction of sp³-hybridized carbons (Fsp3) is 0.348. The first-order chi connectivity index (χ1) is 15.3. The summed E-state index contributed by atoms with van der Waals surface area (Å²) in [5.41, 5.74) is 2.81. The zero-order valence-corrected chi connectivity index (χ0v) is 17.5. The van der Waals surface area contributed by atoms with Gasteiger partial charge in [0.05, 0.1) is 18.1 Å². The molecule has 1 atom stereocenters. The third kappa shape index (κ3) is 2.64. The van der Waals surface area contributed by atoms with Crippen molar-refractivity contribution >= 4 is 5.82 Å². The molecule has 3 aromatic heterocycles. The van der Waals surface area contributed by atoms with E-state index < -0.39 is 0 Å². The number of fused-ring (bicyclic) bond motifs is 6. The van der Waals surface area contributed by atoms with Crippen molar-refractivity contribution in [2.75, 3.05) is 11.4 Å². The fourth-order valence-corrected chi connectivity index (χ4v) is 5.13. The number of aromatic nitrogens is 7. The van der Waals surface area contributed by atoms with Gasteiger partial charge in [-0.25, -0.2) is 4.98 Å². The Morgan fingerprint density at radius 1 is 1.06 bits per heavy atom. The second kappa shape index (κ2) is 7.01. The average molecular weight is 413 g/mol. The third-order valence-corrected chi connectivity index (χ3v) is 6.69. The molecule has 0 amide bonds. The van der Waals surface area contributed by atoms with E-state index >= 15 is 0 Å². The van der Waals surface area contributed by atoms with Gasteiger partial charge in [0.1, 0.15) is 17.6 Å². The van der Waals surface area contributed by atoms with Gasteiger partial charge in [-0.1, -0.05) is 50.1 Å². The molecule has 1 saturated heterocycles. The van der Waals surface area contributed by atoms with Crippen molar-refractivity contribution in [2.45, 2.75) is 44.6 Å². The van der Waals surface area contributed by atoms with Crippen LogP contribution in [0.25, 0.3) is 22.9 Å². The molecule has 0 aliphatic carbocycles. The zero-order chi connectivity index (χ0) is 20.8. The normalized spacial score (nSPS) is 20.0. The molecule has 8 nitrogen and oxygen atoms in total. The SMILES string of the molecule is CCC12CCCCCN1c1nc(-n3nccc3-c3ccccc3)ncc1-n1cnnc12. The van der Waals surface area contributed by atoms with Crippen molar-refractivity contribution in [3.63, 3.8) is 0 Å². The number of hydrogen-bond acceptors (Lipinski definition) is 6. The molecular formula is C23H24N8. The molecule has 4 aromatic rings. The highest BCUT2D eigenvalue weighted by atomic mass is 15.4. The van der Waals surface area contributed by atoms with Crippen molar-refractivity contribution in [2.24, 2.45) is 0 Å². The second-order valence-electron chi connectivity index (χ2n) is 8.25. The zero-order valence-electron chi connectivity index (χ0n) is 17.5. The van der Waals surface area contributed by atoms with Crippen molar-refractivity contribution in [1.82, 2.24) is 34.5 Å². The Morgan fingerprint density at radius 3 is 2.84 bits per heavy atom. The first-order valence-electron chi connectivity index (χ1n) is 11.0. The molecule has 0 bridgehead atoms. The van der Waals surface area contributed by atoms with Crippen LogP contribution in [0.15, 0.2) is 55.1 Å². The summed E-state index contributed by atoms with van der Waals surface area (Å²) in [6.07, 6.45) is 11.0. The van der Waals surface area contributed by atoms with Gasteiger partial charge in [0.25, 0.3) is 5.95 Å². The summed E-state index contributed by atoms with van der Waals surface area (Å²) < 4.78 is 3.90. The maximum absolute atomic E-state index is 5.08. The maximum atomic E-state index is 5.08. The van der Waals surface area contributed by atoms with E-state index in [9.17, 15) is 0 Å². The van der Waals surface area contributed by atoms with Crippen LogP contribution in [0.1, 0.15) is 44.9 Å². The van der Waals surface area contributed by atoms with E-state index in [0.29, 0.717) is 5.95 Å². The lowest BCUT2D eigenvalue weighted by molar-refractivity contribution is 0.329. The van der Waals surface area contributed by atoms with E-state index in [1.807, 2.05) is 35.1 Å². The van der Waals surface area contributed by atoms with E-state index in [1.54, 1.807) is 12.5 Å². The van der Waals surface area contributed by atoms with Gasteiger partial charge < -0.3 is 4.90 Å². The van der Waals surface area contributed by atoms with Crippen molar-refractivity contribution in [3.05, 3.63) is 60.9 Å². The topological polar surface area (TPSA) is 77.5 Å². The molecule has 0 N–H and O–H groups in total. The molecule has 0 saturated carbocycles. The van der Waals surface area contributed by atoms with Gasteiger partial charge in [-0.2, -0.15) is 14.8 Å². The highest BCUT2D eigenvalue weighted by Gasteiger charge is 2.47. The van der Waals surface area contributed by atoms with Crippen LogP contribution in [0.4, 0.5) is 5.82 Å². The minimum absolute atomic E-state index is 0.183. The summed E-state index contributed by atoms with van der Waals surface area (Å²) in [7, 11) is 0. The number of hydrogen-bond donors (Lipinski definition) is 0. The lowest BCUT2D eigenvalue weighted by Gasteiger charge is -2.46. The summed E-state index contributed by atoms with van der Waals surface area (Å²) in [6.45, 7) is 3.19. The first kappa shape index (κ1) is 18.2. The third-order valence-electron chi connectivity index (χ3n) is 6.69. The summed E-state index contributed by atoms with van der Waals surface area (Å²) in [5, 5.41) is 13.4. The predicted octanol–water partition coefficient (Wildman–Crippen LogP) is 3.91. The summed E-state index contributed by atoms with van der Waals surface area (Å²) in [5.74, 6) is 2.52. The molecule has 2 aliphatic rings. The molecule has 1 unspecified atom stereocenters. The van der Waals surface area contributed by atoms with Gasteiger partial charge in [-0.05, 0) is 25.3 Å². The lowest BCUT2D eigenvalue weighted by Crippen LogP contribution is -2.50. The van der Waals surface area contributed by atoms with Crippen LogP contribution >= 0.6 is 0 Å². The molecule has 8 heteroatoms. The molecule has 0 spiro atoms. The van der Waals surface area contributed by atoms with Crippen LogP contribution in [0.3, 0.4) is 0 Å². The van der Waals surface area contributed by atoms with Gasteiger partial charge in [0.15, 0.2) is 11.6 Å². The molecule has 156 valence electrons. The van der Waals surface area contributed by atoms with E-state index in [2.05, 4.69) is 43.8 Å². The predicted molar refractivity (Wildman–Crippen MR) is 117 cm³/mol. The van der Waals surface area contributed by atoms with Gasteiger partial charge in [0, 0.05) is 12.1 Å². The quantitative estimate of drug-likeness (QED) is 0.508. The maximum Gasteiger partial charge on any atom is 0.253 e. The highest BCUT2D eigenvalue weighted by Crippen LogP contribution is 2.46. The minimum atomic E-state index is -0.183. The van der Waals surface area contributed by atoms with Crippen LogP contribution < -0.4 is 4.90 Å². The van der Waals surface area contributed by atoms with Crippen LogP contribution in [0, 0.1) is 0 Å². The van der Waals surface area contributed by atoms with Gasteiger partial charge >= 0.3 is 0 Å². The molecule has 2 aliphatic heterocycles. The van der Waals surface area contributed by atoms with E-state index in [4.69, 9.17) is 9.97 Å². The first-order valence-corrected chi connectivity index (χ1v) is 11.0. The Balaban J connectivity index is 1.54. The number of anilines is 1. The van der Waals surface area contributed by atoms with E-state index in [0.717, 1.165) is 54.4 Å². The van der Waals surface area contributed by atoms with Gasteiger partial charge in [-0.15, -0.1) is 10.2 Å². The minimum Gasteiger partial charge on any atom is -0.342 e. The van der Waals surface area contributed by atoms with Crippen LogP contribution in [0.5, 0.6) is 0 Å². The molecular weight excluding hydrogens is 388 g/mol. The van der Waals surface area contributed by atoms with Gasteiger partial charge in [0.2, 0.25) is 0 Å². The average Bonchev–Trinajstić information content (AvgIpc) is 3.46. The van der Waals surface area contributed by atoms with Crippen LogP contribution in [-0.2, 0) is 5.54 Å². The van der Waals surface area contributed by atoms with Crippen molar-refractivity contribution in [3.8, 4) is 22.9 Å². The largest absolute Gasteiger partial charge is 0.342 e. The Morgan fingerprint density at radius 2 is 1.97 bits per heavy atom. The van der Waals surface area contributed by atoms with E-state index in [1.165, 1.54) is 12.8 Å². The smallest absolute Gasteiger partial charge is 0.253 e. The highest BCUT2D eigenvalue weighted by molar-refractivity contribution is 5.65. The molecule has 5 heterocycles. The Hall–Kier alpha value is -3.55. The van der Waals surface area contributed by atoms with Gasteiger partial charge in [-0.3, -0.25) is 4.57 Å². The molecule has 1 aromatic carbocycles. The van der Waals surface area contributed by atoms with Crippen molar-refractivity contribution in [1.29, 1.82) is 0 Å². The summed E-state index contributed by atoms with van der Waals surface area (Å²) >= 11 is 0.